The summed E-state index contributed by atoms with van der Waals surface area (Å²) < 4.78 is 6.92. The fraction of sp³-hybridized carbons (Fsp3) is 0.562. The molecule has 5 heteroatoms. The molecule has 2 aliphatic heterocycles. The minimum atomic E-state index is -0.0278. The van der Waals surface area contributed by atoms with Crippen molar-refractivity contribution in [3.05, 3.63) is 34.3 Å². The standard InChI is InChI=1S/C16H21BrN2O2/c17-14-4-2-1-3-13(14)15-11-19(9-10-21-15)16(20)12-5-7-18-8-6-12/h1-4,12,15,18H,5-11H2/t15-/m1/s1. The SMILES string of the molecule is O=C(C1CCNCC1)N1CCO[C@@H](c2ccccc2Br)C1. The lowest BCUT2D eigenvalue weighted by Gasteiger charge is -2.36. The van der Waals surface area contributed by atoms with Gasteiger partial charge in [0.25, 0.3) is 0 Å². The first kappa shape index (κ1) is 15.0. The van der Waals surface area contributed by atoms with Crippen LogP contribution in [0.5, 0.6) is 0 Å². The molecule has 1 atom stereocenters. The van der Waals surface area contributed by atoms with Crippen LogP contribution in [0.4, 0.5) is 0 Å². The van der Waals surface area contributed by atoms with E-state index in [0.717, 1.165) is 36.0 Å². The molecule has 1 aromatic carbocycles. The van der Waals surface area contributed by atoms with Crippen molar-refractivity contribution in [2.45, 2.75) is 18.9 Å². The van der Waals surface area contributed by atoms with Gasteiger partial charge in [0, 0.05) is 16.9 Å². The van der Waals surface area contributed by atoms with E-state index in [4.69, 9.17) is 4.74 Å². The Labute approximate surface area is 134 Å². The van der Waals surface area contributed by atoms with Crippen LogP contribution in [-0.4, -0.2) is 43.6 Å². The summed E-state index contributed by atoms with van der Waals surface area (Å²) >= 11 is 3.57. The summed E-state index contributed by atoms with van der Waals surface area (Å²) in [6.45, 7) is 3.89. The minimum absolute atomic E-state index is 0.0278. The van der Waals surface area contributed by atoms with Crippen LogP contribution in [-0.2, 0) is 9.53 Å². The summed E-state index contributed by atoms with van der Waals surface area (Å²) in [6.07, 6.45) is 1.88. The van der Waals surface area contributed by atoms with Crippen molar-refractivity contribution in [2.75, 3.05) is 32.8 Å². The van der Waals surface area contributed by atoms with Crippen molar-refractivity contribution in [3.63, 3.8) is 0 Å². The molecule has 0 bridgehead atoms. The largest absolute Gasteiger partial charge is 0.370 e. The highest BCUT2D eigenvalue weighted by Crippen LogP contribution is 2.29. The number of halogens is 1. The topological polar surface area (TPSA) is 41.6 Å². The predicted octanol–water partition coefficient (Wildman–Crippen LogP) is 2.35. The Morgan fingerprint density at radius 1 is 1.29 bits per heavy atom. The average molecular weight is 353 g/mol. The van der Waals surface area contributed by atoms with Gasteiger partial charge in [-0.1, -0.05) is 34.1 Å². The number of carbonyl (C=O) groups is 1. The Bertz CT molecular complexity index is 503. The lowest BCUT2D eigenvalue weighted by Crippen LogP contribution is -2.47. The highest BCUT2D eigenvalue weighted by atomic mass is 79.9. The number of piperidine rings is 1. The number of ether oxygens (including phenoxy) is 1. The van der Waals surface area contributed by atoms with Crippen molar-refractivity contribution in [1.82, 2.24) is 10.2 Å². The van der Waals surface area contributed by atoms with E-state index in [0.29, 0.717) is 25.6 Å². The van der Waals surface area contributed by atoms with Crippen LogP contribution < -0.4 is 5.32 Å². The van der Waals surface area contributed by atoms with Crippen molar-refractivity contribution in [2.24, 2.45) is 5.92 Å². The molecule has 2 fully saturated rings. The van der Waals surface area contributed by atoms with E-state index in [1.54, 1.807) is 0 Å². The summed E-state index contributed by atoms with van der Waals surface area (Å²) in [6, 6.07) is 8.09. The Morgan fingerprint density at radius 3 is 2.81 bits per heavy atom. The molecule has 0 unspecified atom stereocenters. The number of morpholine rings is 1. The van der Waals surface area contributed by atoms with Crippen molar-refractivity contribution >= 4 is 21.8 Å². The fourth-order valence-corrected chi connectivity index (χ4v) is 3.64. The maximum absolute atomic E-state index is 12.6. The summed E-state index contributed by atoms with van der Waals surface area (Å²) in [4.78, 5) is 14.6. The highest BCUT2D eigenvalue weighted by molar-refractivity contribution is 9.10. The molecule has 2 aliphatic rings. The van der Waals surface area contributed by atoms with E-state index in [9.17, 15) is 4.79 Å². The minimum Gasteiger partial charge on any atom is -0.370 e. The van der Waals surface area contributed by atoms with E-state index in [1.807, 2.05) is 23.1 Å². The highest BCUT2D eigenvalue weighted by Gasteiger charge is 2.31. The van der Waals surface area contributed by atoms with Gasteiger partial charge in [-0.25, -0.2) is 0 Å². The van der Waals surface area contributed by atoms with Crippen LogP contribution in [0, 0.1) is 5.92 Å². The zero-order chi connectivity index (χ0) is 14.7. The van der Waals surface area contributed by atoms with Gasteiger partial charge >= 0.3 is 0 Å². The summed E-state index contributed by atoms with van der Waals surface area (Å²) in [5.74, 6) is 0.487. The monoisotopic (exact) mass is 352 g/mol. The molecule has 2 saturated heterocycles. The lowest BCUT2D eigenvalue weighted by molar-refractivity contribution is -0.144. The van der Waals surface area contributed by atoms with Gasteiger partial charge in [-0.05, 0) is 37.6 Å². The third kappa shape index (κ3) is 3.47. The van der Waals surface area contributed by atoms with E-state index < -0.39 is 0 Å². The predicted molar refractivity (Wildman–Crippen MR) is 85.0 cm³/mol. The zero-order valence-corrected chi connectivity index (χ0v) is 13.6. The molecule has 1 aromatic rings. The number of hydrogen-bond acceptors (Lipinski definition) is 3. The first-order valence-corrected chi connectivity index (χ1v) is 8.40. The molecule has 2 heterocycles. The second-order valence-corrected chi connectivity index (χ2v) is 6.54. The van der Waals surface area contributed by atoms with Gasteiger partial charge in [0.15, 0.2) is 0 Å². The maximum atomic E-state index is 12.6. The van der Waals surface area contributed by atoms with Crippen LogP contribution in [0.2, 0.25) is 0 Å². The summed E-state index contributed by atoms with van der Waals surface area (Å²) in [7, 11) is 0. The van der Waals surface area contributed by atoms with Crippen molar-refractivity contribution < 1.29 is 9.53 Å². The smallest absolute Gasteiger partial charge is 0.225 e. The maximum Gasteiger partial charge on any atom is 0.225 e. The third-order valence-electron chi connectivity index (χ3n) is 4.32. The lowest BCUT2D eigenvalue weighted by atomic mass is 9.96. The molecule has 1 amide bonds. The van der Waals surface area contributed by atoms with Gasteiger partial charge in [0.2, 0.25) is 5.91 Å². The summed E-state index contributed by atoms with van der Waals surface area (Å²) in [5, 5.41) is 3.31. The second kappa shape index (κ2) is 6.90. The van der Waals surface area contributed by atoms with Gasteiger partial charge in [-0.2, -0.15) is 0 Å². The molecule has 21 heavy (non-hydrogen) atoms. The van der Waals surface area contributed by atoms with E-state index in [2.05, 4.69) is 27.3 Å². The quantitative estimate of drug-likeness (QED) is 0.888. The second-order valence-electron chi connectivity index (χ2n) is 5.69. The average Bonchev–Trinajstić information content (AvgIpc) is 2.55. The molecule has 0 aromatic heterocycles. The molecule has 0 aliphatic carbocycles. The number of nitrogens with zero attached hydrogens (tertiary/aromatic N) is 1. The Kier molecular flexibility index (Phi) is 4.93. The summed E-state index contributed by atoms with van der Waals surface area (Å²) in [5.41, 5.74) is 1.13. The molecule has 4 nitrogen and oxygen atoms in total. The molecular formula is C16H21BrN2O2. The molecule has 3 rings (SSSR count). The number of hydrogen-bond donors (Lipinski definition) is 1. The molecule has 0 spiro atoms. The van der Waals surface area contributed by atoms with Crippen LogP contribution in [0.15, 0.2) is 28.7 Å². The zero-order valence-electron chi connectivity index (χ0n) is 12.1. The molecule has 0 saturated carbocycles. The van der Waals surface area contributed by atoms with Gasteiger partial charge in [-0.3, -0.25) is 4.79 Å². The van der Waals surface area contributed by atoms with Gasteiger partial charge in [0.1, 0.15) is 6.10 Å². The normalized spacial score (nSPS) is 24.0. The number of carbonyl (C=O) groups excluding carboxylic acids is 1. The van der Waals surface area contributed by atoms with Crippen molar-refractivity contribution in [3.8, 4) is 0 Å². The first-order valence-electron chi connectivity index (χ1n) is 7.61. The Balaban J connectivity index is 1.68. The van der Waals surface area contributed by atoms with Gasteiger partial charge < -0.3 is 15.0 Å². The van der Waals surface area contributed by atoms with E-state index >= 15 is 0 Å². The fourth-order valence-electron chi connectivity index (χ4n) is 3.10. The molecule has 1 N–H and O–H groups in total. The Hall–Kier alpha value is -0.910. The van der Waals surface area contributed by atoms with E-state index in [1.165, 1.54) is 0 Å². The first-order chi connectivity index (χ1) is 10.3. The van der Waals surface area contributed by atoms with Crippen molar-refractivity contribution in [1.29, 1.82) is 0 Å². The number of nitrogens with one attached hydrogen (secondary N) is 1. The van der Waals surface area contributed by atoms with E-state index in [-0.39, 0.29) is 12.0 Å². The number of benzene rings is 1. The third-order valence-corrected chi connectivity index (χ3v) is 5.04. The van der Waals surface area contributed by atoms with Crippen LogP contribution in [0.3, 0.4) is 0 Å². The number of amides is 1. The van der Waals surface area contributed by atoms with Gasteiger partial charge in [-0.15, -0.1) is 0 Å². The molecular weight excluding hydrogens is 332 g/mol. The van der Waals surface area contributed by atoms with Crippen LogP contribution >= 0.6 is 15.9 Å². The Morgan fingerprint density at radius 2 is 2.05 bits per heavy atom. The number of rotatable bonds is 2. The van der Waals surface area contributed by atoms with Gasteiger partial charge in [0.05, 0.1) is 13.2 Å². The van der Waals surface area contributed by atoms with Crippen LogP contribution in [0.25, 0.3) is 0 Å². The molecule has 114 valence electrons. The molecule has 0 radical (unpaired) electrons. The van der Waals surface area contributed by atoms with Crippen LogP contribution in [0.1, 0.15) is 24.5 Å².